The number of carbonyl (C=O) groups excluding carboxylic acids is 3. The largest absolute Gasteiger partial charge is 0.494 e. The van der Waals surface area contributed by atoms with Gasteiger partial charge < -0.3 is 28.4 Å². The fourth-order valence-corrected chi connectivity index (χ4v) is 3.55. The summed E-state index contributed by atoms with van der Waals surface area (Å²) >= 11 is 0. The Morgan fingerprint density at radius 1 is 0.800 bits per heavy atom. The summed E-state index contributed by atoms with van der Waals surface area (Å²) < 4.78 is 32.4. The van der Waals surface area contributed by atoms with Gasteiger partial charge in [0.15, 0.2) is 0 Å². The van der Waals surface area contributed by atoms with Crippen LogP contribution in [0.2, 0.25) is 0 Å². The Morgan fingerprint density at radius 3 is 1.98 bits per heavy atom. The highest BCUT2D eigenvalue weighted by atomic mass is 16.6. The van der Waals surface area contributed by atoms with Crippen molar-refractivity contribution in [2.75, 3.05) is 46.2 Å². The fraction of sp³-hybridized carbons (Fsp3) is 0.516. The number of hydrogen-bond acceptors (Lipinski definition) is 9. The van der Waals surface area contributed by atoms with Crippen LogP contribution in [0.15, 0.2) is 48.5 Å². The van der Waals surface area contributed by atoms with E-state index in [-0.39, 0.29) is 30.2 Å². The van der Waals surface area contributed by atoms with Crippen LogP contribution in [0.25, 0.3) is 0 Å². The second kappa shape index (κ2) is 14.8. The van der Waals surface area contributed by atoms with Crippen LogP contribution in [0.3, 0.4) is 0 Å². The molecule has 0 N–H and O–H groups in total. The number of esters is 3. The first-order chi connectivity index (χ1) is 19.1. The molecule has 9 heteroatoms. The van der Waals surface area contributed by atoms with E-state index in [0.29, 0.717) is 36.7 Å². The van der Waals surface area contributed by atoms with E-state index in [1.54, 1.807) is 38.1 Å². The molecule has 2 aromatic carbocycles. The van der Waals surface area contributed by atoms with Crippen molar-refractivity contribution in [3.8, 4) is 11.5 Å². The van der Waals surface area contributed by atoms with Gasteiger partial charge in [-0.1, -0.05) is 13.8 Å². The molecular weight excluding hydrogens is 516 g/mol. The fourth-order valence-electron chi connectivity index (χ4n) is 3.55. The zero-order chi connectivity index (χ0) is 29.0. The Morgan fingerprint density at radius 2 is 1.38 bits per heavy atom. The first kappa shape index (κ1) is 31.1. The highest BCUT2D eigenvalue weighted by Crippen LogP contribution is 2.26. The van der Waals surface area contributed by atoms with E-state index in [0.717, 1.165) is 32.7 Å². The molecule has 0 radical (unpaired) electrons. The number of benzene rings is 2. The quantitative estimate of drug-likeness (QED) is 0.156. The van der Waals surface area contributed by atoms with Crippen molar-refractivity contribution in [2.45, 2.75) is 47.0 Å². The number of rotatable bonds is 16. The number of unbranched alkanes of at least 4 members (excludes halogenated alkanes) is 1. The molecule has 0 bridgehead atoms. The summed E-state index contributed by atoms with van der Waals surface area (Å²) in [4.78, 5) is 36.7. The first-order valence-electron chi connectivity index (χ1n) is 13.7. The van der Waals surface area contributed by atoms with Crippen molar-refractivity contribution in [1.29, 1.82) is 0 Å². The third kappa shape index (κ3) is 9.64. The molecule has 1 aliphatic heterocycles. The lowest BCUT2D eigenvalue weighted by molar-refractivity contribution is -0.155. The van der Waals surface area contributed by atoms with E-state index in [4.69, 9.17) is 28.4 Å². The molecule has 1 saturated heterocycles. The lowest BCUT2D eigenvalue weighted by atomic mass is 9.90. The molecule has 218 valence electrons. The van der Waals surface area contributed by atoms with Gasteiger partial charge in [0.05, 0.1) is 43.0 Å². The Balaban J connectivity index is 1.33. The van der Waals surface area contributed by atoms with Crippen LogP contribution in [-0.2, 0) is 23.7 Å². The van der Waals surface area contributed by atoms with Gasteiger partial charge in [0.2, 0.25) is 0 Å². The van der Waals surface area contributed by atoms with Gasteiger partial charge >= 0.3 is 17.9 Å². The summed E-state index contributed by atoms with van der Waals surface area (Å²) in [6.45, 7) is 11.1. The minimum atomic E-state index is -0.576. The number of carbonyl (C=O) groups is 3. The molecule has 2 aromatic rings. The molecule has 0 saturated carbocycles. The van der Waals surface area contributed by atoms with Gasteiger partial charge in [-0.25, -0.2) is 9.59 Å². The van der Waals surface area contributed by atoms with Crippen LogP contribution in [-0.4, -0.2) is 64.2 Å². The molecule has 40 heavy (non-hydrogen) atoms. The van der Waals surface area contributed by atoms with Crippen LogP contribution in [0.5, 0.6) is 11.5 Å². The Kier molecular flexibility index (Phi) is 11.5. The molecule has 0 atom stereocenters. The van der Waals surface area contributed by atoms with E-state index in [1.165, 1.54) is 24.3 Å². The maximum atomic E-state index is 12.5. The lowest BCUT2D eigenvalue weighted by Crippen LogP contribution is -2.43. The highest BCUT2D eigenvalue weighted by molar-refractivity contribution is 5.92. The summed E-state index contributed by atoms with van der Waals surface area (Å²) in [6.07, 6.45) is 2.42. The molecule has 3 rings (SSSR count). The molecule has 9 nitrogen and oxygen atoms in total. The van der Waals surface area contributed by atoms with Crippen LogP contribution in [0.4, 0.5) is 0 Å². The van der Waals surface area contributed by atoms with Crippen LogP contribution >= 0.6 is 0 Å². The topological polar surface area (TPSA) is 107 Å². The minimum Gasteiger partial charge on any atom is -0.494 e. The summed E-state index contributed by atoms with van der Waals surface area (Å²) in [6, 6.07) is 12.8. The Hall–Kier alpha value is -3.43. The zero-order valence-electron chi connectivity index (χ0n) is 23.9. The van der Waals surface area contributed by atoms with Gasteiger partial charge in [-0.15, -0.1) is 0 Å². The maximum absolute atomic E-state index is 12.5. The molecule has 1 heterocycles. The van der Waals surface area contributed by atoms with Crippen molar-refractivity contribution in [3.63, 3.8) is 0 Å². The van der Waals surface area contributed by atoms with Crippen LogP contribution in [0, 0.1) is 10.8 Å². The second-order valence-corrected chi connectivity index (χ2v) is 10.9. The van der Waals surface area contributed by atoms with Gasteiger partial charge in [-0.05, 0) is 81.6 Å². The summed E-state index contributed by atoms with van der Waals surface area (Å²) in [5, 5.41) is 0. The maximum Gasteiger partial charge on any atom is 0.343 e. The van der Waals surface area contributed by atoms with Crippen LogP contribution < -0.4 is 9.47 Å². The van der Waals surface area contributed by atoms with E-state index >= 15 is 0 Å². The number of ether oxygens (including phenoxy) is 6. The van der Waals surface area contributed by atoms with Gasteiger partial charge in [0.1, 0.15) is 24.7 Å². The molecule has 1 aliphatic rings. The Labute approximate surface area is 236 Å². The second-order valence-electron chi connectivity index (χ2n) is 10.9. The smallest absolute Gasteiger partial charge is 0.343 e. The predicted molar refractivity (Wildman–Crippen MR) is 148 cm³/mol. The Bertz CT molecular complexity index is 1100. The third-order valence-electron chi connectivity index (χ3n) is 6.68. The van der Waals surface area contributed by atoms with E-state index in [9.17, 15) is 14.4 Å². The highest BCUT2D eigenvalue weighted by Gasteiger charge is 2.33. The van der Waals surface area contributed by atoms with Gasteiger partial charge in [-0.2, -0.15) is 0 Å². The van der Waals surface area contributed by atoms with E-state index in [2.05, 4.69) is 6.92 Å². The predicted octanol–water partition coefficient (Wildman–Crippen LogP) is 5.25. The molecular formula is C31H40O9. The third-order valence-corrected chi connectivity index (χ3v) is 6.68. The van der Waals surface area contributed by atoms with E-state index in [1.807, 2.05) is 6.92 Å². The monoisotopic (exact) mass is 556 g/mol. The average Bonchev–Trinajstić information content (AvgIpc) is 2.94. The standard InChI is InChI=1S/C31H40O9/c1-5-30(2,3)29(34)39-19-18-38-27(32)23-10-14-26(15-11-23)40-28(33)24-8-12-25(13-9-24)37-17-7-6-16-35-20-31(4)21-36-22-31/h8-15H,5-7,16-22H2,1-4H3. The SMILES string of the molecule is CCC(C)(C)C(=O)OCCOC(=O)c1ccc(OC(=O)c2ccc(OCCCCOCC3(C)COC3)cc2)cc1. The first-order valence-corrected chi connectivity index (χ1v) is 13.7. The normalized spacial score (nSPS) is 14.1. The molecule has 0 aliphatic carbocycles. The lowest BCUT2D eigenvalue weighted by Gasteiger charge is -2.37. The van der Waals surface area contributed by atoms with Crippen molar-refractivity contribution in [2.24, 2.45) is 10.8 Å². The van der Waals surface area contributed by atoms with Gasteiger partial charge in [0.25, 0.3) is 0 Å². The van der Waals surface area contributed by atoms with E-state index < -0.39 is 17.4 Å². The summed E-state index contributed by atoms with van der Waals surface area (Å²) in [5.41, 5.74) is 0.254. The minimum absolute atomic E-state index is 0.0153. The van der Waals surface area contributed by atoms with Crippen molar-refractivity contribution in [1.82, 2.24) is 0 Å². The summed E-state index contributed by atoms with van der Waals surface area (Å²) in [5.74, 6) is -0.463. The average molecular weight is 557 g/mol. The molecule has 0 amide bonds. The molecule has 1 fully saturated rings. The molecule has 0 spiro atoms. The van der Waals surface area contributed by atoms with Gasteiger partial charge in [0, 0.05) is 12.0 Å². The van der Waals surface area contributed by atoms with Crippen molar-refractivity contribution >= 4 is 17.9 Å². The van der Waals surface area contributed by atoms with Crippen LogP contribution in [0.1, 0.15) is 67.7 Å². The van der Waals surface area contributed by atoms with Crippen molar-refractivity contribution in [3.05, 3.63) is 59.7 Å². The zero-order valence-corrected chi connectivity index (χ0v) is 23.9. The van der Waals surface area contributed by atoms with Crippen molar-refractivity contribution < 1.29 is 42.8 Å². The molecule has 0 unspecified atom stereocenters. The summed E-state index contributed by atoms with van der Waals surface area (Å²) in [7, 11) is 0. The number of hydrogen-bond donors (Lipinski definition) is 0. The molecule has 0 aromatic heterocycles. The van der Waals surface area contributed by atoms with Gasteiger partial charge in [-0.3, -0.25) is 4.79 Å².